The van der Waals surface area contributed by atoms with Gasteiger partial charge in [-0.1, -0.05) is 324 Å². The number of amides is 1. The van der Waals surface area contributed by atoms with E-state index in [4.69, 9.17) is 37.9 Å². The number of nitrogens with zero attached hydrogens (tertiary/aromatic N) is 3. The second kappa shape index (κ2) is 58.7. The Balaban J connectivity index is -0.00000139. The summed E-state index contributed by atoms with van der Waals surface area (Å²) in [5.74, 6) is 1.64. The quantitative estimate of drug-likeness (QED) is 0.0361. The minimum Gasteiger partial charge on any atom is -0.493 e. The second-order valence-electron chi connectivity index (χ2n) is 44.7. The highest BCUT2D eigenvalue weighted by Gasteiger charge is 2.53. The monoisotopic (exact) mass is 1840 g/mol. The number of rotatable bonds is 17. The van der Waals surface area contributed by atoms with E-state index in [1.165, 1.54) is 44.2 Å². The summed E-state index contributed by atoms with van der Waals surface area (Å²) in [6.45, 7) is 94.4. The predicted molar refractivity (Wildman–Crippen MR) is 557 cm³/mol. The van der Waals surface area contributed by atoms with Crippen molar-refractivity contribution >= 4 is 51.8 Å². The van der Waals surface area contributed by atoms with Gasteiger partial charge in [-0.2, -0.15) is 0 Å². The molecule has 0 N–H and O–H groups in total. The maximum absolute atomic E-state index is 11.9. The van der Waals surface area contributed by atoms with Gasteiger partial charge in [0.15, 0.2) is 11.9 Å². The fourth-order valence-corrected chi connectivity index (χ4v) is 11.6. The summed E-state index contributed by atoms with van der Waals surface area (Å²) >= 11 is 1.63. The molecule has 9 rings (SSSR count). The SMILES string of the molecule is C.CC.CC(C)(C)COc1ccccc1.CC(C)(C)OCc1cncs1.CC(C)(C)c1ccc2ccccc2n1.CC(C)N(C)C(=O)/C=C/C(C)(C)C.CC(C)OC(=O)/C=C/C(C)(C)C.CCCC(=O)C1OC1C(C)(C)C.CCOC(=O)C1OC1C(C)(C)C.Cc1cccc(C(C)(C)C)c1C.Cc1cccc(C)c1C(=O)OCC(C)(C)C.Cc1cccc(C)c1OCC(C)(C)C. The van der Waals surface area contributed by atoms with Crippen LogP contribution >= 0.6 is 11.3 Å². The lowest BCUT2D eigenvalue weighted by molar-refractivity contribution is -0.144. The predicted octanol–water partition coefficient (Wildman–Crippen LogP) is 30.1. The minimum atomic E-state index is -0.315. The fourth-order valence-electron chi connectivity index (χ4n) is 11.1. The number of benzene rings is 5. The van der Waals surface area contributed by atoms with E-state index < -0.39 is 0 Å². The first-order chi connectivity index (χ1) is 59.3. The summed E-state index contributed by atoms with van der Waals surface area (Å²) in [5, 5.41) is 1.21. The third-order valence-corrected chi connectivity index (χ3v) is 19.4. The van der Waals surface area contributed by atoms with E-state index in [2.05, 4.69) is 244 Å². The van der Waals surface area contributed by atoms with E-state index in [0.717, 1.165) is 53.5 Å². The first-order valence-corrected chi connectivity index (χ1v) is 47.6. The third-order valence-electron chi connectivity index (χ3n) is 18.6. The van der Waals surface area contributed by atoms with Gasteiger partial charge in [0.2, 0.25) is 5.91 Å². The van der Waals surface area contributed by atoms with Gasteiger partial charge in [0.1, 0.15) is 23.7 Å². The number of fused-ring (bicyclic) bond motifs is 1. The molecule has 5 aromatic carbocycles. The maximum atomic E-state index is 11.9. The fraction of sp³-hybridized carbons (Fsp3) is 0.605. The molecule has 7 aromatic rings. The molecule has 0 bridgehead atoms. The van der Waals surface area contributed by atoms with Crippen LogP contribution in [0.1, 0.15) is 343 Å². The molecule has 4 heterocycles. The zero-order valence-corrected chi connectivity index (χ0v) is 90.8. The summed E-state index contributed by atoms with van der Waals surface area (Å²) < 4.78 is 42.6. The number of Topliss-reactive ketones (excluding diaryl/α,β-unsaturated/α-hetero) is 1. The number of hydrogen-bond acceptors (Lipinski definition) is 16. The minimum absolute atomic E-state index is 0. The van der Waals surface area contributed by atoms with E-state index >= 15 is 0 Å². The van der Waals surface area contributed by atoms with E-state index in [-0.39, 0.29) is 128 Å². The number of aromatic nitrogens is 2. The van der Waals surface area contributed by atoms with Gasteiger partial charge < -0.3 is 42.8 Å². The number of ether oxygens (including phenoxy) is 8. The van der Waals surface area contributed by atoms with E-state index in [1.807, 2.05) is 216 Å². The molecule has 0 saturated carbocycles. The molecule has 740 valence electrons. The summed E-state index contributed by atoms with van der Waals surface area (Å²) in [6.07, 6.45) is 10.1. The molecular formula is C114H185N3O13S. The van der Waals surface area contributed by atoms with Gasteiger partial charge in [-0.05, 0) is 216 Å². The Bertz CT molecular complexity index is 4360. The number of hydrogen-bond donors (Lipinski definition) is 0. The molecule has 0 aliphatic carbocycles. The topological polar surface area (TPSA) is 195 Å². The Morgan fingerprint density at radius 3 is 1.38 bits per heavy atom. The van der Waals surface area contributed by atoms with Crippen LogP contribution in [0.4, 0.5) is 0 Å². The number of epoxide rings is 2. The average molecular weight is 1840 g/mol. The normalized spacial score (nSPS) is 14.6. The number of pyridine rings is 1. The molecule has 0 spiro atoms. The smallest absolute Gasteiger partial charge is 0.338 e. The molecule has 1 amide bonds. The number of thiazole rings is 1. The van der Waals surface area contributed by atoms with Crippen molar-refractivity contribution in [2.45, 2.75) is 385 Å². The van der Waals surface area contributed by atoms with Gasteiger partial charge in [-0.25, -0.2) is 14.4 Å². The van der Waals surface area contributed by atoms with Crippen molar-refractivity contribution in [1.29, 1.82) is 0 Å². The van der Waals surface area contributed by atoms with Crippen molar-refractivity contribution in [1.82, 2.24) is 14.9 Å². The van der Waals surface area contributed by atoms with Crippen molar-refractivity contribution in [3.63, 3.8) is 0 Å². The van der Waals surface area contributed by atoms with E-state index in [0.29, 0.717) is 31.8 Å². The standard InChI is InChI=1S/C14H20O2.C13H15N.C13H20O.C12H18.C11H21NO.C11H16O.2C10H18O2.C9H16O3.C8H13NOS.C2H6.CH4/c1-10-7-6-8-11(2)12(10)13(15)16-9-14(3,4)5;1-13(2,3)12-9-8-10-6-4-5-7-11(10)14-12;1-10-7-6-8-11(2)12(10)14-9-13(3,4)5;1-9-7-6-8-11(10(9)2)12(3,4)5;1-9(2)12(6)10(13)7-8-11(3,4)5;1-11(2,3)9-12-10-7-5-4-6-8-10;1-5-6-7(11)8-9(12-8)10(2,3)4;1-8(2)12-9(11)6-7-10(3,4)5;1-5-11-8(10)6-7(12-6)9(2,3)4;1-8(2,3)10-5-7-4-9-6-11-7;1-2;/h6-8H,9H2,1-5H3;4-9H,1-3H3;6-8H,9H2,1-5H3;6-8H,1-5H3;7-9H,1-6H3;4-8H,9H2,1-3H3;8-9H,5-6H2,1-4H3;6-8H,1-5H3;6-7H,5H2,1-4H3;4,6H,5H2,1-3H3;1-2H3;1H4/b;;;;8-7+;;;7-6+;;;;. The molecule has 131 heavy (non-hydrogen) atoms. The Morgan fingerprint density at radius 1 is 0.511 bits per heavy atom. The third kappa shape index (κ3) is 59.8. The largest absolute Gasteiger partial charge is 0.493 e. The molecular weight excluding hydrogens is 1650 g/mol. The lowest BCUT2D eigenvalue weighted by Crippen LogP contribution is -2.31. The van der Waals surface area contributed by atoms with Crippen molar-refractivity contribution in [3.8, 4) is 11.5 Å². The Kier molecular flexibility index (Phi) is 56.8. The van der Waals surface area contributed by atoms with Crippen molar-refractivity contribution in [2.75, 3.05) is 33.5 Å². The molecule has 4 unspecified atom stereocenters. The van der Waals surface area contributed by atoms with Gasteiger partial charge in [0.25, 0.3) is 0 Å². The first-order valence-electron chi connectivity index (χ1n) is 46.8. The number of esters is 3. The second-order valence-corrected chi connectivity index (χ2v) is 45.7. The molecule has 16 nitrogen and oxygen atoms in total. The van der Waals surface area contributed by atoms with Crippen LogP contribution in [0.5, 0.6) is 11.5 Å². The van der Waals surface area contributed by atoms with Crippen LogP contribution in [0.25, 0.3) is 10.9 Å². The highest BCUT2D eigenvalue weighted by molar-refractivity contribution is 7.09. The van der Waals surface area contributed by atoms with Crippen LogP contribution < -0.4 is 9.47 Å². The molecule has 2 aliphatic heterocycles. The van der Waals surface area contributed by atoms with Crippen LogP contribution in [0.3, 0.4) is 0 Å². The van der Waals surface area contributed by atoms with Crippen LogP contribution in [0.15, 0.2) is 157 Å². The molecule has 2 aliphatic rings. The van der Waals surface area contributed by atoms with Crippen molar-refractivity contribution in [3.05, 3.63) is 212 Å². The van der Waals surface area contributed by atoms with Crippen molar-refractivity contribution < 1.29 is 61.9 Å². The highest BCUT2D eigenvalue weighted by atomic mass is 32.1. The summed E-state index contributed by atoms with van der Waals surface area (Å²) in [7, 11) is 1.82. The molecule has 2 aromatic heterocycles. The number of carbonyl (C=O) groups is 5. The summed E-state index contributed by atoms with van der Waals surface area (Å²) in [5.41, 5.74) is 14.5. The first kappa shape index (κ1) is 127. The van der Waals surface area contributed by atoms with Gasteiger partial charge in [-0.3, -0.25) is 19.6 Å². The number of carbonyl (C=O) groups excluding carboxylic acids is 5. The maximum Gasteiger partial charge on any atom is 0.338 e. The number of para-hydroxylation sites is 3. The molecule has 2 saturated heterocycles. The Morgan fingerprint density at radius 2 is 0.969 bits per heavy atom. The zero-order chi connectivity index (χ0) is 101. The van der Waals surface area contributed by atoms with Crippen LogP contribution in [0.2, 0.25) is 0 Å². The highest BCUT2D eigenvalue weighted by Crippen LogP contribution is 2.40. The van der Waals surface area contributed by atoms with Gasteiger partial charge in [0, 0.05) is 48.3 Å². The number of likely N-dealkylation sites (N-methyl/N-ethyl adjacent to an activating group) is 1. The Labute approximate surface area is 803 Å². The van der Waals surface area contributed by atoms with Gasteiger partial charge in [-0.15, -0.1) is 11.3 Å². The van der Waals surface area contributed by atoms with Gasteiger partial charge in [0.05, 0.1) is 72.3 Å². The summed E-state index contributed by atoms with van der Waals surface area (Å²) in [4.78, 5) is 68.3. The molecule has 0 radical (unpaired) electrons. The van der Waals surface area contributed by atoms with Crippen LogP contribution in [-0.4, -0.2) is 120 Å². The van der Waals surface area contributed by atoms with Gasteiger partial charge >= 0.3 is 17.9 Å². The average Bonchev–Trinajstić information content (AvgIpc) is 1.62. The molecule has 17 heteroatoms. The summed E-state index contributed by atoms with van der Waals surface area (Å²) in [6, 6.07) is 41.2. The molecule has 2 fully saturated rings. The Hall–Kier alpha value is -8.35. The van der Waals surface area contributed by atoms with E-state index in [1.54, 1.807) is 29.2 Å². The van der Waals surface area contributed by atoms with Crippen LogP contribution in [-0.2, 0) is 65.0 Å². The van der Waals surface area contributed by atoms with Crippen molar-refractivity contribution in [2.24, 2.45) is 37.9 Å². The lowest BCUT2D eigenvalue weighted by atomic mass is 9.83. The van der Waals surface area contributed by atoms with Crippen LogP contribution in [0, 0.1) is 79.4 Å². The lowest BCUT2D eigenvalue weighted by Gasteiger charge is -2.22. The van der Waals surface area contributed by atoms with E-state index in [9.17, 15) is 24.0 Å². The molecule has 4 atom stereocenters. The number of allylic oxidation sites excluding steroid dienone is 2. The zero-order valence-electron chi connectivity index (χ0n) is 90.0. The number of ketones is 1. The number of aryl methyl sites for hydroxylation is 5.